The lowest BCUT2D eigenvalue weighted by molar-refractivity contribution is -0.146. The SMILES string of the molecule is COc1ccc([Si](C)(C)[C@@H]2[C@@H](CCO)O[C@]3(C(=O)N(Cc4cccc(I)c4)c4ccc(I)cc43)[C@H]2C)cc1. The van der Waals surface area contributed by atoms with Crippen LogP contribution in [-0.2, 0) is 21.7 Å². The Kier molecular flexibility index (Phi) is 8.00. The third-order valence-electron chi connectivity index (χ3n) is 8.44. The number of amides is 1. The van der Waals surface area contributed by atoms with Gasteiger partial charge in [-0.3, -0.25) is 4.79 Å². The molecule has 1 saturated heterocycles. The number of halogens is 2. The van der Waals surface area contributed by atoms with Crippen LogP contribution in [0.4, 0.5) is 5.69 Å². The number of methoxy groups -OCH3 is 1. The topological polar surface area (TPSA) is 59.0 Å². The van der Waals surface area contributed by atoms with E-state index in [0.29, 0.717) is 13.0 Å². The zero-order valence-electron chi connectivity index (χ0n) is 22.1. The molecule has 3 aromatic rings. The minimum Gasteiger partial charge on any atom is -0.497 e. The van der Waals surface area contributed by atoms with Crippen LogP contribution in [0.25, 0.3) is 0 Å². The number of rotatable bonds is 7. The fourth-order valence-electron chi connectivity index (χ4n) is 6.66. The van der Waals surface area contributed by atoms with E-state index in [2.05, 4.69) is 114 Å². The lowest BCUT2D eigenvalue weighted by Crippen LogP contribution is -2.51. The molecule has 5 nitrogen and oxygen atoms in total. The van der Waals surface area contributed by atoms with Crippen LogP contribution < -0.4 is 14.8 Å². The second-order valence-electron chi connectivity index (χ2n) is 10.9. The highest BCUT2D eigenvalue weighted by molar-refractivity contribution is 14.1. The summed E-state index contributed by atoms with van der Waals surface area (Å²) in [5, 5.41) is 11.4. The van der Waals surface area contributed by atoms with Gasteiger partial charge < -0.3 is 19.5 Å². The predicted molar refractivity (Wildman–Crippen MR) is 171 cm³/mol. The molecule has 2 aliphatic rings. The van der Waals surface area contributed by atoms with Gasteiger partial charge in [-0.1, -0.05) is 49.5 Å². The van der Waals surface area contributed by atoms with Gasteiger partial charge in [0.05, 0.1) is 33.5 Å². The largest absolute Gasteiger partial charge is 0.497 e. The summed E-state index contributed by atoms with van der Waals surface area (Å²) in [6.45, 7) is 7.44. The summed E-state index contributed by atoms with van der Waals surface area (Å²) in [6, 6.07) is 22.9. The first-order chi connectivity index (χ1) is 18.1. The lowest BCUT2D eigenvalue weighted by Gasteiger charge is -2.37. The van der Waals surface area contributed by atoms with Gasteiger partial charge in [0.2, 0.25) is 0 Å². The number of aliphatic hydroxyl groups excluding tert-OH is 1. The molecule has 38 heavy (non-hydrogen) atoms. The second-order valence-corrected chi connectivity index (χ2v) is 18.0. The van der Waals surface area contributed by atoms with Gasteiger partial charge in [0.15, 0.2) is 5.60 Å². The Morgan fingerprint density at radius 1 is 1.05 bits per heavy atom. The molecule has 0 saturated carbocycles. The number of fused-ring (bicyclic) bond motifs is 2. The van der Waals surface area contributed by atoms with E-state index >= 15 is 0 Å². The van der Waals surface area contributed by atoms with E-state index in [1.165, 1.54) is 5.19 Å². The Morgan fingerprint density at radius 3 is 2.42 bits per heavy atom. The van der Waals surface area contributed by atoms with Gasteiger partial charge in [-0.15, -0.1) is 0 Å². The summed E-state index contributed by atoms with van der Waals surface area (Å²) in [6.07, 6.45) is 0.290. The summed E-state index contributed by atoms with van der Waals surface area (Å²) in [7, 11) is -0.494. The molecule has 3 aromatic carbocycles. The van der Waals surface area contributed by atoms with Crippen molar-refractivity contribution in [2.45, 2.75) is 50.2 Å². The third kappa shape index (κ3) is 4.63. The zero-order valence-corrected chi connectivity index (χ0v) is 27.4. The number of carbonyl (C=O) groups excluding carboxylic acids is 1. The molecule has 1 amide bonds. The van der Waals surface area contributed by atoms with Gasteiger partial charge in [-0.2, -0.15) is 0 Å². The normalized spacial score (nSPS) is 24.8. The summed E-state index contributed by atoms with van der Waals surface area (Å²) >= 11 is 4.64. The lowest BCUT2D eigenvalue weighted by atomic mass is 9.82. The van der Waals surface area contributed by atoms with E-state index in [0.717, 1.165) is 29.7 Å². The van der Waals surface area contributed by atoms with Crippen LogP contribution in [0, 0.1) is 13.1 Å². The number of hydrogen-bond donors (Lipinski definition) is 1. The van der Waals surface area contributed by atoms with E-state index in [4.69, 9.17) is 9.47 Å². The number of carbonyl (C=O) groups is 1. The molecule has 0 radical (unpaired) electrons. The molecular weight excluding hydrogens is 720 g/mol. The first-order valence-corrected chi connectivity index (χ1v) is 18.2. The van der Waals surface area contributed by atoms with Crippen molar-refractivity contribution in [3.05, 3.63) is 85.0 Å². The van der Waals surface area contributed by atoms with Crippen LogP contribution >= 0.6 is 45.2 Å². The Morgan fingerprint density at radius 2 is 1.76 bits per heavy atom. The molecule has 0 bridgehead atoms. The van der Waals surface area contributed by atoms with Crippen molar-refractivity contribution < 1.29 is 19.4 Å². The average Bonchev–Trinajstić information content (AvgIpc) is 3.31. The minimum atomic E-state index is -2.17. The van der Waals surface area contributed by atoms with E-state index in [-0.39, 0.29) is 30.1 Å². The Hall–Kier alpha value is -1.47. The summed E-state index contributed by atoms with van der Waals surface area (Å²) < 4.78 is 14.6. The Bertz CT molecular complexity index is 1350. The number of aliphatic hydroxyl groups is 1. The van der Waals surface area contributed by atoms with Crippen LogP contribution in [-0.4, -0.2) is 38.9 Å². The molecule has 1 spiro atoms. The van der Waals surface area contributed by atoms with Crippen LogP contribution in [0.15, 0.2) is 66.7 Å². The molecule has 8 heteroatoms. The first-order valence-electron chi connectivity index (χ1n) is 12.9. The first kappa shape index (κ1) is 28.1. The van der Waals surface area contributed by atoms with Crippen molar-refractivity contribution in [2.75, 3.05) is 18.6 Å². The molecule has 0 unspecified atom stereocenters. The van der Waals surface area contributed by atoms with Gasteiger partial charge in [0, 0.05) is 25.2 Å². The number of anilines is 1. The van der Waals surface area contributed by atoms with Crippen LogP contribution in [0.5, 0.6) is 5.75 Å². The molecule has 1 fully saturated rings. The minimum absolute atomic E-state index is 0.00540. The second kappa shape index (κ2) is 10.8. The van der Waals surface area contributed by atoms with Crippen molar-refractivity contribution in [3.8, 4) is 5.75 Å². The van der Waals surface area contributed by atoms with E-state index in [1.54, 1.807) is 7.11 Å². The highest BCUT2D eigenvalue weighted by Gasteiger charge is 2.66. The molecule has 0 aliphatic carbocycles. The fraction of sp³-hybridized carbons (Fsp3) is 0.367. The molecule has 0 aromatic heterocycles. The monoisotopic (exact) mass is 753 g/mol. The van der Waals surface area contributed by atoms with Crippen molar-refractivity contribution >= 4 is 70.0 Å². The van der Waals surface area contributed by atoms with Crippen molar-refractivity contribution in [2.24, 2.45) is 5.92 Å². The maximum atomic E-state index is 14.6. The van der Waals surface area contributed by atoms with Crippen LogP contribution in [0.1, 0.15) is 24.5 Å². The molecular formula is C30H33I2NO4Si. The maximum Gasteiger partial charge on any atom is 0.264 e. The molecule has 5 rings (SSSR count). The maximum absolute atomic E-state index is 14.6. The van der Waals surface area contributed by atoms with Gasteiger partial charge in [-0.05, 0) is 105 Å². The van der Waals surface area contributed by atoms with E-state index in [1.807, 2.05) is 23.1 Å². The standard InChI is InChI=1S/C30H33I2NO4Si/c1-19-28(38(3,4)24-11-9-23(36-2)10-12-24)27(14-15-34)37-30(19)25-17-22(32)8-13-26(25)33(29(30)35)18-20-6-5-7-21(31)16-20/h5-13,16-17,19,27-28,34H,14-15,18H2,1-4H3/t19-,27+,28-,30+/m0/s1. The molecule has 2 heterocycles. The third-order valence-corrected chi connectivity index (χ3v) is 14.1. The Balaban J connectivity index is 1.60. The van der Waals surface area contributed by atoms with Crippen LogP contribution in [0.3, 0.4) is 0 Å². The van der Waals surface area contributed by atoms with Gasteiger partial charge >= 0.3 is 0 Å². The summed E-state index contributed by atoms with van der Waals surface area (Å²) in [5.74, 6) is 0.775. The van der Waals surface area contributed by atoms with Crippen LogP contribution in [0.2, 0.25) is 18.6 Å². The summed E-state index contributed by atoms with van der Waals surface area (Å²) in [4.78, 5) is 16.5. The zero-order chi connectivity index (χ0) is 27.2. The van der Waals surface area contributed by atoms with E-state index in [9.17, 15) is 9.90 Å². The molecule has 4 atom stereocenters. The predicted octanol–water partition coefficient (Wildman–Crippen LogP) is 6.05. The average molecular weight is 753 g/mol. The van der Waals surface area contributed by atoms with Crippen molar-refractivity contribution in [1.82, 2.24) is 0 Å². The number of ether oxygens (including phenoxy) is 2. The summed E-state index contributed by atoms with van der Waals surface area (Å²) in [5.41, 5.74) is 2.04. The number of benzene rings is 3. The van der Waals surface area contributed by atoms with Gasteiger partial charge in [0.25, 0.3) is 5.91 Å². The van der Waals surface area contributed by atoms with Crippen molar-refractivity contribution in [1.29, 1.82) is 0 Å². The highest BCUT2D eigenvalue weighted by Crippen LogP contribution is 2.60. The Labute approximate surface area is 253 Å². The molecule has 2 aliphatic heterocycles. The fourth-order valence-corrected chi connectivity index (χ4v) is 11.8. The number of nitrogens with zero attached hydrogens (tertiary/aromatic N) is 1. The van der Waals surface area contributed by atoms with Gasteiger partial charge in [0.1, 0.15) is 5.75 Å². The van der Waals surface area contributed by atoms with Crippen molar-refractivity contribution in [3.63, 3.8) is 0 Å². The smallest absolute Gasteiger partial charge is 0.264 e. The van der Waals surface area contributed by atoms with E-state index < -0.39 is 13.7 Å². The molecule has 200 valence electrons. The molecule has 1 N–H and O–H groups in total. The number of hydrogen-bond acceptors (Lipinski definition) is 4. The quantitative estimate of drug-likeness (QED) is 0.236. The van der Waals surface area contributed by atoms with Gasteiger partial charge in [-0.25, -0.2) is 0 Å². The highest BCUT2D eigenvalue weighted by atomic mass is 127.